The Hall–Kier alpha value is -1.69. The first-order valence-electron chi connectivity index (χ1n) is 6.33. The van der Waals surface area contributed by atoms with E-state index in [-0.39, 0.29) is 12.0 Å². The van der Waals surface area contributed by atoms with E-state index in [0.717, 1.165) is 34.4 Å². The largest absolute Gasteiger partial charge is 0.481 e. The second-order valence-corrected chi connectivity index (χ2v) is 5.89. The predicted molar refractivity (Wildman–Crippen MR) is 74.5 cm³/mol. The molecule has 0 spiro atoms. The number of carboxylic acids is 1. The fourth-order valence-corrected chi connectivity index (χ4v) is 3.56. The van der Waals surface area contributed by atoms with Crippen LogP contribution in [0.25, 0.3) is 10.2 Å². The van der Waals surface area contributed by atoms with Gasteiger partial charge in [-0.2, -0.15) is 0 Å². The van der Waals surface area contributed by atoms with E-state index in [1.807, 2.05) is 6.92 Å². The molecule has 19 heavy (non-hydrogen) atoms. The van der Waals surface area contributed by atoms with E-state index >= 15 is 0 Å². The number of rotatable bonds is 3. The molecule has 0 aliphatic heterocycles. The van der Waals surface area contributed by atoms with E-state index < -0.39 is 5.97 Å². The average molecular weight is 277 g/mol. The van der Waals surface area contributed by atoms with Gasteiger partial charge in [0, 0.05) is 6.04 Å². The van der Waals surface area contributed by atoms with Gasteiger partial charge < -0.3 is 10.4 Å². The van der Waals surface area contributed by atoms with Crippen LogP contribution >= 0.6 is 11.3 Å². The van der Waals surface area contributed by atoms with Crippen LogP contribution in [0.4, 0.5) is 5.82 Å². The molecular formula is C13H15N3O2S. The number of hydrogen-bond acceptors (Lipinski definition) is 5. The number of nitrogens with one attached hydrogen (secondary N) is 1. The molecular weight excluding hydrogens is 262 g/mol. The summed E-state index contributed by atoms with van der Waals surface area (Å²) in [6.07, 6.45) is 3.86. The number of thiophene rings is 1. The summed E-state index contributed by atoms with van der Waals surface area (Å²) < 4.78 is 1.05. The topological polar surface area (TPSA) is 75.1 Å². The number of aliphatic carboxylic acids is 1. The Morgan fingerprint density at radius 2 is 2.32 bits per heavy atom. The second kappa shape index (κ2) is 4.77. The Kier molecular flexibility index (Phi) is 3.10. The zero-order valence-electron chi connectivity index (χ0n) is 10.6. The highest BCUT2D eigenvalue weighted by Gasteiger charge is 2.30. The molecule has 2 unspecified atom stereocenters. The number of carboxylic acid groups (broad SMARTS) is 1. The van der Waals surface area contributed by atoms with Gasteiger partial charge >= 0.3 is 5.97 Å². The minimum absolute atomic E-state index is 0.196. The van der Waals surface area contributed by atoms with Crippen LogP contribution < -0.4 is 5.32 Å². The van der Waals surface area contributed by atoms with Crippen LogP contribution in [0.1, 0.15) is 24.8 Å². The predicted octanol–water partition coefficient (Wildman–Crippen LogP) is 2.66. The molecule has 2 aromatic rings. The zero-order chi connectivity index (χ0) is 13.4. The highest BCUT2D eigenvalue weighted by atomic mass is 32.1. The van der Waals surface area contributed by atoms with E-state index in [1.54, 1.807) is 17.7 Å². The Morgan fingerprint density at radius 3 is 3.05 bits per heavy atom. The molecule has 0 radical (unpaired) electrons. The normalized spacial score (nSPS) is 22.8. The molecule has 5 nitrogen and oxygen atoms in total. The molecule has 0 amide bonds. The van der Waals surface area contributed by atoms with Crippen molar-refractivity contribution in [2.45, 2.75) is 32.2 Å². The molecule has 2 heterocycles. The van der Waals surface area contributed by atoms with Crippen LogP contribution in [0.5, 0.6) is 0 Å². The van der Waals surface area contributed by atoms with Crippen LogP contribution in [0.3, 0.4) is 0 Å². The minimum atomic E-state index is -0.691. The molecule has 1 aliphatic rings. The van der Waals surface area contributed by atoms with Crippen LogP contribution in [0, 0.1) is 12.8 Å². The second-order valence-electron chi connectivity index (χ2n) is 5.01. The summed E-state index contributed by atoms with van der Waals surface area (Å²) in [6, 6.07) is 0.196. The molecule has 3 rings (SSSR count). The maximum Gasteiger partial charge on any atom is 0.306 e. The molecule has 0 aromatic carbocycles. The van der Waals surface area contributed by atoms with Crippen molar-refractivity contribution in [2.24, 2.45) is 5.92 Å². The fourth-order valence-electron chi connectivity index (χ4n) is 2.60. The molecule has 2 aromatic heterocycles. The summed E-state index contributed by atoms with van der Waals surface area (Å²) in [5, 5.41) is 14.5. The van der Waals surface area contributed by atoms with Crippen molar-refractivity contribution >= 4 is 33.3 Å². The average Bonchev–Trinajstić information content (AvgIpc) is 2.98. The lowest BCUT2D eigenvalue weighted by Crippen LogP contribution is -2.18. The Bertz CT molecular complexity index is 625. The molecule has 6 heteroatoms. The highest BCUT2D eigenvalue weighted by Crippen LogP contribution is 2.32. The maximum atomic E-state index is 11.0. The van der Waals surface area contributed by atoms with E-state index in [2.05, 4.69) is 20.7 Å². The van der Waals surface area contributed by atoms with Gasteiger partial charge in [-0.3, -0.25) is 4.79 Å². The van der Waals surface area contributed by atoms with Crippen molar-refractivity contribution in [1.29, 1.82) is 0 Å². The first-order valence-corrected chi connectivity index (χ1v) is 7.21. The van der Waals surface area contributed by atoms with Crippen LogP contribution in [-0.4, -0.2) is 27.1 Å². The smallest absolute Gasteiger partial charge is 0.306 e. The first-order chi connectivity index (χ1) is 9.15. The van der Waals surface area contributed by atoms with Gasteiger partial charge in [0.05, 0.1) is 16.1 Å². The van der Waals surface area contributed by atoms with Gasteiger partial charge in [-0.05, 0) is 37.1 Å². The van der Waals surface area contributed by atoms with Crippen LogP contribution in [0.2, 0.25) is 0 Å². The maximum absolute atomic E-state index is 11.0. The van der Waals surface area contributed by atoms with E-state index in [9.17, 15) is 4.79 Å². The third-order valence-electron chi connectivity index (χ3n) is 3.65. The van der Waals surface area contributed by atoms with Gasteiger partial charge in [-0.25, -0.2) is 9.97 Å². The quantitative estimate of drug-likeness (QED) is 0.902. The standard InChI is InChI=1S/C13H15N3O2S/c1-7-5-19-11-10(7)14-6-15-12(11)16-9-3-2-8(4-9)13(17)18/h5-6,8-9H,2-4H2,1H3,(H,17,18)(H,14,15,16). The van der Waals surface area contributed by atoms with Gasteiger partial charge in [0.15, 0.2) is 0 Å². The van der Waals surface area contributed by atoms with E-state index in [0.29, 0.717) is 6.42 Å². The molecule has 0 bridgehead atoms. The monoisotopic (exact) mass is 277 g/mol. The number of fused-ring (bicyclic) bond motifs is 1. The van der Waals surface area contributed by atoms with Gasteiger partial charge in [0.1, 0.15) is 12.1 Å². The van der Waals surface area contributed by atoms with E-state index in [1.165, 1.54) is 0 Å². The van der Waals surface area contributed by atoms with Gasteiger partial charge in [0.25, 0.3) is 0 Å². The van der Waals surface area contributed by atoms with Crippen molar-refractivity contribution in [3.8, 4) is 0 Å². The molecule has 100 valence electrons. The third-order valence-corrected chi connectivity index (χ3v) is 4.75. The lowest BCUT2D eigenvalue weighted by Gasteiger charge is -2.13. The van der Waals surface area contributed by atoms with Crippen molar-refractivity contribution in [2.75, 3.05) is 5.32 Å². The van der Waals surface area contributed by atoms with Gasteiger partial charge in [-0.15, -0.1) is 11.3 Å². The molecule has 1 fully saturated rings. The van der Waals surface area contributed by atoms with Gasteiger partial charge in [-0.1, -0.05) is 0 Å². The van der Waals surface area contributed by atoms with Crippen molar-refractivity contribution in [1.82, 2.24) is 9.97 Å². The zero-order valence-corrected chi connectivity index (χ0v) is 11.4. The number of carbonyl (C=O) groups is 1. The fraction of sp³-hybridized carbons (Fsp3) is 0.462. The summed E-state index contributed by atoms with van der Waals surface area (Å²) in [4.78, 5) is 19.5. The number of aromatic nitrogens is 2. The molecule has 1 aliphatic carbocycles. The summed E-state index contributed by atoms with van der Waals surface area (Å²) >= 11 is 1.63. The first kappa shape index (κ1) is 12.3. The summed E-state index contributed by atoms with van der Waals surface area (Å²) in [7, 11) is 0. The number of aryl methyl sites for hydroxylation is 1. The van der Waals surface area contributed by atoms with Crippen molar-refractivity contribution in [3.05, 3.63) is 17.3 Å². The summed E-state index contributed by atoms with van der Waals surface area (Å²) in [6.45, 7) is 2.03. The summed E-state index contributed by atoms with van der Waals surface area (Å²) in [5.41, 5.74) is 2.13. The molecule has 0 saturated heterocycles. The lowest BCUT2D eigenvalue weighted by molar-refractivity contribution is -0.141. The SMILES string of the molecule is Cc1csc2c(NC3CCC(C(=O)O)C3)ncnc12. The van der Waals surface area contributed by atoms with Crippen molar-refractivity contribution in [3.63, 3.8) is 0 Å². The Balaban J connectivity index is 1.81. The highest BCUT2D eigenvalue weighted by molar-refractivity contribution is 7.18. The van der Waals surface area contributed by atoms with Crippen molar-refractivity contribution < 1.29 is 9.90 Å². The van der Waals surface area contributed by atoms with Gasteiger partial charge in [0.2, 0.25) is 0 Å². The third kappa shape index (κ3) is 2.28. The van der Waals surface area contributed by atoms with Crippen LogP contribution in [0.15, 0.2) is 11.7 Å². The number of hydrogen-bond donors (Lipinski definition) is 2. The molecule has 2 N–H and O–H groups in total. The number of anilines is 1. The lowest BCUT2D eigenvalue weighted by atomic mass is 10.1. The Morgan fingerprint density at radius 1 is 1.47 bits per heavy atom. The number of nitrogens with zero attached hydrogens (tertiary/aromatic N) is 2. The minimum Gasteiger partial charge on any atom is -0.481 e. The Labute approximate surface area is 114 Å². The summed E-state index contributed by atoms with van der Waals surface area (Å²) in [5.74, 6) is -0.0804. The molecule has 1 saturated carbocycles. The molecule has 2 atom stereocenters. The van der Waals surface area contributed by atoms with Crippen LogP contribution in [-0.2, 0) is 4.79 Å². The van der Waals surface area contributed by atoms with E-state index in [4.69, 9.17) is 5.11 Å².